The molecule has 1 fully saturated rings. The summed E-state index contributed by atoms with van der Waals surface area (Å²) in [4.78, 5) is 27.7. The average Bonchev–Trinajstić information content (AvgIpc) is 3.16. The maximum Gasteiger partial charge on any atom is 0.416 e. The van der Waals surface area contributed by atoms with Crippen LogP contribution >= 0.6 is 0 Å². The third-order valence-corrected chi connectivity index (χ3v) is 6.27. The number of halogens is 3. The molecule has 0 radical (unpaired) electrons. The third-order valence-electron chi connectivity index (χ3n) is 6.27. The minimum atomic E-state index is -4.57. The zero-order chi connectivity index (χ0) is 28.3. The summed E-state index contributed by atoms with van der Waals surface area (Å²) in [5, 5.41) is 11.3. The van der Waals surface area contributed by atoms with Crippen molar-refractivity contribution >= 4 is 17.4 Å². The summed E-state index contributed by atoms with van der Waals surface area (Å²) in [5.41, 5.74) is -0.0918. The molecule has 9 heteroatoms. The van der Waals surface area contributed by atoms with E-state index in [0.29, 0.717) is 23.7 Å². The number of benzene rings is 3. The predicted molar refractivity (Wildman–Crippen MR) is 139 cm³/mol. The highest BCUT2D eigenvalue weighted by Gasteiger charge is 2.46. The molecule has 1 amide bonds. The topological polar surface area (TPSA) is 76.1 Å². The van der Waals surface area contributed by atoms with Crippen molar-refractivity contribution in [2.24, 2.45) is 5.92 Å². The molecule has 0 aromatic heterocycles. The van der Waals surface area contributed by atoms with Crippen LogP contribution in [0.3, 0.4) is 0 Å². The Balaban J connectivity index is 1.80. The second-order valence-corrected chi connectivity index (χ2v) is 9.63. The van der Waals surface area contributed by atoms with Crippen LogP contribution in [-0.2, 0) is 22.3 Å². The lowest BCUT2D eigenvalue weighted by atomic mass is 9.95. The Hall–Kier alpha value is -4.27. The molecule has 1 heterocycles. The van der Waals surface area contributed by atoms with Gasteiger partial charge >= 0.3 is 6.18 Å². The molecule has 3 aromatic rings. The summed E-state index contributed by atoms with van der Waals surface area (Å²) in [6.45, 7) is 4.14. The highest BCUT2D eigenvalue weighted by Crippen LogP contribution is 2.41. The number of rotatable bonds is 8. The molecule has 1 aliphatic rings. The Morgan fingerprint density at radius 3 is 2.31 bits per heavy atom. The third kappa shape index (κ3) is 6.08. The van der Waals surface area contributed by atoms with Gasteiger partial charge in [-0.3, -0.25) is 9.59 Å². The number of aliphatic hydroxyl groups excluding tert-OH is 1. The second-order valence-electron chi connectivity index (χ2n) is 9.63. The van der Waals surface area contributed by atoms with Crippen LogP contribution in [0, 0.1) is 5.92 Å². The predicted octanol–water partition coefficient (Wildman–Crippen LogP) is 6.37. The molecule has 3 aromatic carbocycles. The Bertz CT molecular complexity index is 1400. The van der Waals surface area contributed by atoms with Crippen LogP contribution < -0.4 is 9.47 Å². The molecule has 6 nitrogen and oxygen atoms in total. The maximum absolute atomic E-state index is 13.3. The first-order valence-electron chi connectivity index (χ1n) is 12.3. The number of nitrogens with zero attached hydrogens (tertiary/aromatic N) is 1. The molecular formula is C30H28F3NO5. The van der Waals surface area contributed by atoms with Gasteiger partial charge in [0.1, 0.15) is 17.3 Å². The molecule has 0 bridgehead atoms. The van der Waals surface area contributed by atoms with Crippen LogP contribution in [0.5, 0.6) is 11.5 Å². The Morgan fingerprint density at radius 1 is 0.974 bits per heavy atom. The Morgan fingerprint density at radius 2 is 1.67 bits per heavy atom. The van der Waals surface area contributed by atoms with Crippen LogP contribution in [0.4, 0.5) is 13.2 Å². The molecule has 1 N–H and O–H groups in total. The first-order chi connectivity index (χ1) is 18.5. The second kappa shape index (κ2) is 11.2. The number of carbonyl (C=O) groups excluding carboxylic acids is 2. The van der Waals surface area contributed by atoms with Gasteiger partial charge in [-0.1, -0.05) is 50.2 Å². The first-order valence-corrected chi connectivity index (χ1v) is 12.3. The van der Waals surface area contributed by atoms with Crippen molar-refractivity contribution < 1.29 is 37.3 Å². The van der Waals surface area contributed by atoms with Gasteiger partial charge in [-0.25, -0.2) is 0 Å². The summed E-state index contributed by atoms with van der Waals surface area (Å²) in [6.07, 6.45) is -4.57. The van der Waals surface area contributed by atoms with Crippen LogP contribution in [0.1, 0.15) is 42.1 Å². The Labute approximate surface area is 224 Å². The van der Waals surface area contributed by atoms with Crippen LogP contribution in [0.2, 0.25) is 0 Å². The molecular weight excluding hydrogens is 511 g/mol. The minimum Gasteiger partial charge on any atom is -0.507 e. The minimum absolute atomic E-state index is 0.168. The number of aliphatic hydroxyl groups is 1. The van der Waals surface area contributed by atoms with Crippen molar-refractivity contribution in [3.8, 4) is 11.5 Å². The molecule has 39 heavy (non-hydrogen) atoms. The number of ketones is 1. The normalized spacial score (nSPS) is 17.1. The van der Waals surface area contributed by atoms with Crippen molar-refractivity contribution in [2.75, 3.05) is 13.7 Å². The van der Waals surface area contributed by atoms with E-state index in [1.54, 1.807) is 48.5 Å². The number of methoxy groups -OCH3 is 1. The molecule has 1 atom stereocenters. The number of hydrogen-bond donors (Lipinski definition) is 1. The highest BCUT2D eigenvalue weighted by atomic mass is 19.4. The number of likely N-dealkylation sites (tertiary alicyclic amines) is 1. The molecule has 0 saturated carbocycles. The van der Waals surface area contributed by atoms with Gasteiger partial charge in [0, 0.05) is 12.1 Å². The molecule has 1 aliphatic heterocycles. The van der Waals surface area contributed by atoms with E-state index < -0.39 is 35.2 Å². The fourth-order valence-corrected chi connectivity index (χ4v) is 4.37. The molecule has 4 rings (SSSR count). The smallest absolute Gasteiger partial charge is 0.416 e. The molecule has 1 saturated heterocycles. The lowest BCUT2D eigenvalue weighted by molar-refractivity contribution is -0.140. The van der Waals surface area contributed by atoms with Gasteiger partial charge in [0.05, 0.1) is 30.9 Å². The SMILES string of the molecule is COc1ccc(C2/C(=C(\O)c3cccc(OCC(C)C)c3)C(=O)C(=O)N2Cc2cccc(C(F)(F)F)c2)cc1. The zero-order valence-electron chi connectivity index (χ0n) is 21.7. The monoisotopic (exact) mass is 539 g/mol. The van der Waals surface area contributed by atoms with Gasteiger partial charge in [0.15, 0.2) is 0 Å². The molecule has 0 spiro atoms. The van der Waals surface area contributed by atoms with Crippen LogP contribution in [-0.4, -0.2) is 35.4 Å². The van der Waals surface area contributed by atoms with Gasteiger partial charge in [-0.15, -0.1) is 0 Å². The van der Waals surface area contributed by atoms with Crippen molar-refractivity contribution in [1.29, 1.82) is 0 Å². The fraction of sp³-hybridized carbons (Fsp3) is 0.267. The van der Waals surface area contributed by atoms with Crippen molar-refractivity contribution in [3.05, 3.63) is 101 Å². The molecule has 0 aliphatic carbocycles. The first kappa shape index (κ1) is 27.8. The van der Waals surface area contributed by atoms with E-state index in [0.717, 1.165) is 12.1 Å². The summed E-state index contributed by atoms with van der Waals surface area (Å²) in [7, 11) is 1.49. The number of alkyl halides is 3. The van der Waals surface area contributed by atoms with Gasteiger partial charge in [0.25, 0.3) is 11.7 Å². The van der Waals surface area contributed by atoms with Gasteiger partial charge in [-0.2, -0.15) is 13.2 Å². The summed E-state index contributed by atoms with van der Waals surface area (Å²) in [6, 6.07) is 16.6. The lowest BCUT2D eigenvalue weighted by Crippen LogP contribution is -2.29. The van der Waals surface area contributed by atoms with Crippen LogP contribution in [0.25, 0.3) is 5.76 Å². The summed E-state index contributed by atoms with van der Waals surface area (Å²) in [5.74, 6) is -1.000. The van der Waals surface area contributed by atoms with Crippen molar-refractivity contribution in [1.82, 2.24) is 4.90 Å². The average molecular weight is 540 g/mol. The number of amides is 1. The van der Waals surface area contributed by atoms with E-state index in [9.17, 15) is 27.9 Å². The summed E-state index contributed by atoms with van der Waals surface area (Å²) < 4.78 is 50.9. The standard InChI is InChI=1S/C30H28F3NO5/c1-18(2)17-39-24-9-5-7-21(15-24)27(35)25-26(20-10-12-23(38-3)13-11-20)34(29(37)28(25)36)16-19-6-4-8-22(14-19)30(31,32)33/h4-15,18,26,35H,16-17H2,1-3H3/b27-25+. The van der Waals surface area contributed by atoms with Crippen molar-refractivity contribution in [2.45, 2.75) is 32.6 Å². The van der Waals surface area contributed by atoms with E-state index in [4.69, 9.17) is 9.47 Å². The van der Waals surface area contributed by atoms with Gasteiger partial charge in [-0.05, 0) is 53.4 Å². The van der Waals surface area contributed by atoms with Gasteiger partial charge in [0.2, 0.25) is 0 Å². The quantitative estimate of drug-likeness (QED) is 0.205. The zero-order valence-corrected chi connectivity index (χ0v) is 21.7. The van der Waals surface area contributed by atoms with E-state index >= 15 is 0 Å². The highest BCUT2D eigenvalue weighted by molar-refractivity contribution is 6.46. The van der Waals surface area contributed by atoms with Crippen LogP contribution in [0.15, 0.2) is 78.4 Å². The number of carbonyl (C=O) groups is 2. The van der Waals surface area contributed by atoms with Crippen molar-refractivity contribution in [3.63, 3.8) is 0 Å². The number of ether oxygens (including phenoxy) is 2. The van der Waals surface area contributed by atoms with E-state index in [2.05, 4.69) is 0 Å². The Kier molecular flexibility index (Phi) is 7.99. The molecule has 1 unspecified atom stereocenters. The van der Waals surface area contributed by atoms with E-state index in [-0.39, 0.29) is 29.2 Å². The van der Waals surface area contributed by atoms with Gasteiger partial charge < -0.3 is 19.5 Å². The summed E-state index contributed by atoms with van der Waals surface area (Å²) >= 11 is 0. The maximum atomic E-state index is 13.3. The number of Topliss-reactive ketones (excluding diaryl/α,β-unsaturated/α-hetero) is 1. The fourth-order valence-electron chi connectivity index (χ4n) is 4.37. The number of hydrogen-bond acceptors (Lipinski definition) is 5. The largest absolute Gasteiger partial charge is 0.507 e. The van der Waals surface area contributed by atoms with E-state index in [1.165, 1.54) is 24.1 Å². The lowest BCUT2D eigenvalue weighted by Gasteiger charge is -2.26. The molecule has 204 valence electrons. The van der Waals surface area contributed by atoms with E-state index in [1.807, 2.05) is 13.8 Å².